The summed E-state index contributed by atoms with van der Waals surface area (Å²) in [6, 6.07) is 2.11. The quantitative estimate of drug-likeness (QED) is 0.582. The molecule has 0 aliphatic rings. The summed E-state index contributed by atoms with van der Waals surface area (Å²) in [7, 11) is 0. The number of hydrogen-bond donors (Lipinski definition) is 0. The van der Waals surface area contributed by atoms with E-state index in [9.17, 15) is 27.2 Å². The van der Waals surface area contributed by atoms with Crippen LogP contribution in [0.1, 0.15) is 23.6 Å². The fraction of sp³-hybridized carbons (Fsp3) is 0.353. The van der Waals surface area contributed by atoms with Gasteiger partial charge in [0, 0.05) is 11.6 Å². The molecule has 0 saturated carbocycles. The average molecular weight is 388 g/mol. The number of rotatable bonds is 5. The van der Waals surface area contributed by atoms with Crippen LogP contribution in [0.2, 0.25) is 0 Å². The van der Waals surface area contributed by atoms with Crippen LogP contribution < -0.4 is 10.3 Å². The topological polar surface area (TPSA) is 70.4 Å². The first-order valence-electron chi connectivity index (χ1n) is 7.81. The lowest BCUT2D eigenvalue weighted by molar-refractivity contribution is -0.145. The highest BCUT2D eigenvalue weighted by Crippen LogP contribution is 2.30. The minimum Gasteiger partial charge on any atom is -0.482 e. The second-order valence-corrected chi connectivity index (χ2v) is 5.56. The van der Waals surface area contributed by atoms with Crippen molar-refractivity contribution in [1.29, 1.82) is 0 Å². The summed E-state index contributed by atoms with van der Waals surface area (Å²) in [4.78, 5) is 23.6. The molecule has 0 saturated heterocycles. The first kappa shape index (κ1) is 20.4. The first-order chi connectivity index (χ1) is 12.6. The molecule has 10 heteroatoms. The number of hydrogen-bond acceptors (Lipinski definition) is 5. The van der Waals surface area contributed by atoms with E-state index in [-0.39, 0.29) is 12.4 Å². The molecular formula is C17H16F4N2O4. The van der Waals surface area contributed by atoms with Crippen LogP contribution in [0.3, 0.4) is 0 Å². The van der Waals surface area contributed by atoms with E-state index in [1.165, 1.54) is 6.92 Å². The Bertz CT molecular complexity index is 922. The highest BCUT2D eigenvalue weighted by atomic mass is 19.4. The van der Waals surface area contributed by atoms with Crippen LogP contribution in [-0.2, 0) is 15.7 Å². The number of benzene rings is 1. The standard InChI is InChI=1S/C17H16F4N2O4/c1-4-26-15(24)8-27-14-6-13(12(18)5-9(14)2)23-16(25)10(3)11(7-22-23)17(19,20)21/h5-7H,4,8H2,1-3H3. The van der Waals surface area contributed by atoms with Gasteiger partial charge in [0.05, 0.1) is 18.4 Å². The molecule has 1 aromatic carbocycles. The molecule has 0 radical (unpaired) electrons. The normalized spacial score (nSPS) is 11.4. The maximum absolute atomic E-state index is 14.3. The van der Waals surface area contributed by atoms with Gasteiger partial charge in [-0.1, -0.05) is 0 Å². The van der Waals surface area contributed by atoms with E-state index in [4.69, 9.17) is 9.47 Å². The van der Waals surface area contributed by atoms with Crippen LogP contribution in [0.4, 0.5) is 17.6 Å². The van der Waals surface area contributed by atoms with Gasteiger partial charge < -0.3 is 9.47 Å². The van der Waals surface area contributed by atoms with Crippen LogP contribution in [0.5, 0.6) is 5.75 Å². The Morgan fingerprint density at radius 1 is 1.26 bits per heavy atom. The number of esters is 1. The third kappa shape index (κ3) is 4.44. The molecule has 0 N–H and O–H groups in total. The third-order valence-electron chi connectivity index (χ3n) is 3.65. The van der Waals surface area contributed by atoms with E-state index in [0.29, 0.717) is 16.4 Å². The Labute approximate surface area is 151 Å². The van der Waals surface area contributed by atoms with Gasteiger partial charge in [0.2, 0.25) is 0 Å². The first-order valence-corrected chi connectivity index (χ1v) is 7.81. The van der Waals surface area contributed by atoms with Crippen LogP contribution in [0.25, 0.3) is 5.69 Å². The monoisotopic (exact) mass is 388 g/mol. The number of halogens is 4. The van der Waals surface area contributed by atoms with Crippen LogP contribution in [0, 0.1) is 19.7 Å². The SMILES string of the molecule is CCOC(=O)COc1cc(-n2ncc(C(F)(F)F)c(C)c2=O)c(F)cc1C. The van der Waals surface area contributed by atoms with E-state index in [1.807, 2.05) is 0 Å². The third-order valence-corrected chi connectivity index (χ3v) is 3.65. The molecule has 0 fully saturated rings. The smallest absolute Gasteiger partial charge is 0.418 e. The van der Waals surface area contributed by atoms with Gasteiger partial charge in [0.15, 0.2) is 6.61 Å². The summed E-state index contributed by atoms with van der Waals surface area (Å²) in [5, 5.41) is 3.43. The van der Waals surface area contributed by atoms with Crippen LogP contribution in [-0.4, -0.2) is 29.0 Å². The highest BCUT2D eigenvalue weighted by Gasteiger charge is 2.34. The van der Waals surface area contributed by atoms with Crippen molar-refractivity contribution in [3.8, 4) is 11.4 Å². The van der Waals surface area contributed by atoms with Crippen molar-refractivity contribution in [2.75, 3.05) is 13.2 Å². The van der Waals surface area contributed by atoms with E-state index >= 15 is 0 Å². The van der Waals surface area contributed by atoms with E-state index < -0.39 is 46.9 Å². The summed E-state index contributed by atoms with van der Waals surface area (Å²) in [6.07, 6.45) is -4.30. The van der Waals surface area contributed by atoms with Gasteiger partial charge in [-0.3, -0.25) is 4.79 Å². The molecule has 0 atom stereocenters. The Hall–Kier alpha value is -2.91. The molecule has 0 aliphatic carbocycles. The summed E-state index contributed by atoms with van der Waals surface area (Å²) in [5.41, 5.74) is -3.02. The number of carbonyl (C=O) groups is 1. The molecule has 0 unspecified atom stereocenters. The van der Waals surface area contributed by atoms with Crippen molar-refractivity contribution in [3.63, 3.8) is 0 Å². The molecule has 146 valence electrons. The van der Waals surface area contributed by atoms with Crippen molar-refractivity contribution in [2.45, 2.75) is 26.9 Å². The van der Waals surface area contributed by atoms with E-state index in [2.05, 4.69) is 5.10 Å². The summed E-state index contributed by atoms with van der Waals surface area (Å²) >= 11 is 0. The number of aryl methyl sites for hydroxylation is 1. The summed E-state index contributed by atoms with van der Waals surface area (Å²) in [5.74, 6) is -1.47. The zero-order valence-electron chi connectivity index (χ0n) is 14.7. The minimum atomic E-state index is -4.75. The molecule has 0 aliphatic heterocycles. The maximum atomic E-state index is 14.3. The molecule has 1 aromatic heterocycles. The lowest BCUT2D eigenvalue weighted by atomic mass is 10.1. The van der Waals surface area contributed by atoms with Gasteiger partial charge in [-0.05, 0) is 32.4 Å². The zero-order valence-corrected chi connectivity index (χ0v) is 14.7. The fourth-order valence-corrected chi connectivity index (χ4v) is 2.30. The molecule has 0 spiro atoms. The second-order valence-electron chi connectivity index (χ2n) is 5.56. The maximum Gasteiger partial charge on any atom is 0.418 e. The molecule has 0 bridgehead atoms. The van der Waals surface area contributed by atoms with Crippen molar-refractivity contribution in [2.24, 2.45) is 0 Å². The fourth-order valence-electron chi connectivity index (χ4n) is 2.30. The van der Waals surface area contributed by atoms with Crippen molar-refractivity contribution >= 4 is 5.97 Å². The lowest BCUT2D eigenvalue weighted by Crippen LogP contribution is -2.28. The molecular weight excluding hydrogens is 372 g/mol. The van der Waals surface area contributed by atoms with E-state index in [0.717, 1.165) is 19.1 Å². The highest BCUT2D eigenvalue weighted by molar-refractivity contribution is 5.71. The van der Waals surface area contributed by atoms with Crippen molar-refractivity contribution in [3.05, 3.63) is 51.2 Å². The summed E-state index contributed by atoms with van der Waals surface area (Å²) in [6.45, 7) is 3.80. The number of nitrogens with zero attached hydrogens (tertiary/aromatic N) is 2. The molecule has 0 amide bonds. The lowest BCUT2D eigenvalue weighted by Gasteiger charge is -2.14. The number of carbonyl (C=O) groups excluding carboxylic acids is 1. The molecule has 1 heterocycles. The molecule has 6 nitrogen and oxygen atoms in total. The van der Waals surface area contributed by atoms with Gasteiger partial charge in [-0.25, -0.2) is 9.18 Å². The van der Waals surface area contributed by atoms with Crippen molar-refractivity contribution < 1.29 is 31.8 Å². The largest absolute Gasteiger partial charge is 0.482 e. The Morgan fingerprint density at radius 2 is 1.93 bits per heavy atom. The number of aromatic nitrogens is 2. The minimum absolute atomic E-state index is 0.0608. The number of ether oxygens (including phenoxy) is 2. The van der Waals surface area contributed by atoms with Gasteiger partial charge in [0.25, 0.3) is 5.56 Å². The van der Waals surface area contributed by atoms with Gasteiger partial charge in [-0.2, -0.15) is 23.0 Å². The summed E-state index contributed by atoms with van der Waals surface area (Å²) < 4.78 is 63.4. The number of alkyl halides is 3. The predicted molar refractivity (Wildman–Crippen MR) is 86.4 cm³/mol. The zero-order chi connectivity index (χ0) is 20.4. The van der Waals surface area contributed by atoms with Crippen LogP contribution >= 0.6 is 0 Å². The van der Waals surface area contributed by atoms with Gasteiger partial charge in [-0.15, -0.1) is 0 Å². The predicted octanol–water partition coefficient (Wildman–Crippen LogP) is 2.95. The van der Waals surface area contributed by atoms with Gasteiger partial charge in [0.1, 0.15) is 17.3 Å². The molecule has 27 heavy (non-hydrogen) atoms. The van der Waals surface area contributed by atoms with Crippen LogP contribution in [0.15, 0.2) is 23.1 Å². The Balaban J connectivity index is 2.47. The second kappa shape index (κ2) is 7.77. The Morgan fingerprint density at radius 3 is 2.52 bits per heavy atom. The van der Waals surface area contributed by atoms with E-state index in [1.54, 1.807) is 6.92 Å². The average Bonchev–Trinajstić information content (AvgIpc) is 2.56. The van der Waals surface area contributed by atoms with Gasteiger partial charge >= 0.3 is 12.1 Å². The Kier molecular flexibility index (Phi) is 5.87. The molecule has 2 rings (SSSR count). The van der Waals surface area contributed by atoms with Crippen molar-refractivity contribution in [1.82, 2.24) is 9.78 Å². The molecule has 2 aromatic rings.